The Bertz CT molecular complexity index is 508. The molecule has 1 atom stereocenters. The summed E-state index contributed by atoms with van der Waals surface area (Å²) in [6.07, 6.45) is 1.28. The molecule has 16 heavy (non-hydrogen) atoms. The second kappa shape index (κ2) is 4.61. The Labute approximate surface area is 92.9 Å². The summed E-state index contributed by atoms with van der Waals surface area (Å²) in [5, 5.41) is 0. The van der Waals surface area contributed by atoms with Crippen LogP contribution in [0.25, 0.3) is 0 Å². The lowest BCUT2D eigenvalue weighted by Gasteiger charge is -2.13. The number of aromatic nitrogens is 2. The number of benzene rings is 1. The fourth-order valence-electron chi connectivity index (χ4n) is 1.37. The third kappa shape index (κ3) is 2.48. The quantitative estimate of drug-likeness (QED) is 0.852. The maximum Gasteiger partial charge on any atom is 0.296 e. The molecule has 1 unspecified atom stereocenters. The second-order valence-electron chi connectivity index (χ2n) is 3.41. The van der Waals surface area contributed by atoms with Crippen LogP contribution in [0.1, 0.15) is 18.6 Å². The van der Waals surface area contributed by atoms with Crippen LogP contribution in [0.4, 0.5) is 0 Å². The third-order valence-corrected chi connectivity index (χ3v) is 2.21. The number of rotatable bonds is 3. The number of ether oxygens (including phenoxy) is 1. The molecule has 0 saturated heterocycles. The minimum absolute atomic E-state index is 0.147. The second-order valence-corrected chi connectivity index (χ2v) is 3.41. The van der Waals surface area contributed by atoms with Gasteiger partial charge in [0.05, 0.1) is 0 Å². The largest absolute Gasteiger partial charge is 0.457 e. The molecule has 2 rings (SSSR count). The third-order valence-electron chi connectivity index (χ3n) is 2.21. The van der Waals surface area contributed by atoms with E-state index in [1.807, 2.05) is 37.3 Å². The van der Waals surface area contributed by atoms with Crippen LogP contribution in [0.2, 0.25) is 0 Å². The Morgan fingerprint density at radius 3 is 2.69 bits per heavy atom. The minimum Gasteiger partial charge on any atom is -0.457 e. The molecular formula is C12H12N2O2. The molecule has 82 valence electrons. The Morgan fingerprint density at radius 2 is 2.00 bits per heavy atom. The molecule has 0 bridgehead atoms. The molecule has 0 amide bonds. The van der Waals surface area contributed by atoms with Crippen molar-refractivity contribution in [1.82, 2.24) is 9.97 Å². The van der Waals surface area contributed by atoms with Crippen LogP contribution < -0.4 is 10.3 Å². The van der Waals surface area contributed by atoms with Crippen molar-refractivity contribution >= 4 is 0 Å². The minimum atomic E-state index is -0.217. The molecule has 0 radical (unpaired) electrons. The first-order chi connectivity index (χ1) is 7.75. The summed E-state index contributed by atoms with van der Waals surface area (Å²) >= 11 is 0. The van der Waals surface area contributed by atoms with Crippen molar-refractivity contribution < 1.29 is 4.74 Å². The topological polar surface area (TPSA) is 55.0 Å². The van der Waals surface area contributed by atoms with E-state index >= 15 is 0 Å². The Morgan fingerprint density at radius 1 is 1.25 bits per heavy atom. The number of nitrogens with zero attached hydrogens (tertiary/aromatic N) is 1. The van der Waals surface area contributed by atoms with Crippen LogP contribution in [0.5, 0.6) is 6.01 Å². The zero-order valence-corrected chi connectivity index (χ0v) is 8.88. The van der Waals surface area contributed by atoms with E-state index < -0.39 is 0 Å². The molecule has 4 nitrogen and oxygen atoms in total. The van der Waals surface area contributed by atoms with Gasteiger partial charge in [0.1, 0.15) is 6.10 Å². The van der Waals surface area contributed by atoms with Gasteiger partial charge in [-0.2, -0.15) is 0 Å². The normalized spacial score (nSPS) is 12.1. The van der Waals surface area contributed by atoms with Gasteiger partial charge in [0.15, 0.2) is 0 Å². The number of aromatic amines is 1. The fraction of sp³-hybridized carbons (Fsp3) is 0.167. The van der Waals surface area contributed by atoms with Crippen molar-refractivity contribution in [3.8, 4) is 6.01 Å². The average molecular weight is 216 g/mol. The molecule has 0 spiro atoms. The highest BCUT2D eigenvalue weighted by molar-refractivity contribution is 5.17. The first-order valence-electron chi connectivity index (χ1n) is 5.02. The van der Waals surface area contributed by atoms with E-state index in [4.69, 9.17) is 4.74 Å². The van der Waals surface area contributed by atoms with Gasteiger partial charge in [-0.1, -0.05) is 30.3 Å². The Kier molecular flexibility index (Phi) is 3.00. The van der Waals surface area contributed by atoms with Crippen molar-refractivity contribution in [3.63, 3.8) is 0 Å². The van der Waals surface area contributed by atoms with Crippen molar-refractivity contribution in [2.45, 2.75) is 13.0 Å². The lowest BCUT2D eigenvalue weighted by molar-refractivity contribution is 0.206. The smallest absolute Gasteiger partial charge is 0.296 e. The molecule has 0 aliphatic heterocycles. The van der Waals surface area contributed by atoms with E-state index in [-0.39, 0.29) is 17.7 Å². The van der Waals surface area contributed by atoms with Crippen molar-refractivity contribution in [3.05, 3.63) is 58.5 Å². The standard InChI is InChI=1S/C12H12N2O2/c1-9(10-5-3-2-4-6-10)16-12-13-8-7-11(15)14-12/h2-9H,1H3,(H,13,14,15). The molecule has 0 saturated carbocycles. The average Bonchev–Trinajstić information content (AvgIpc) is 2.30. The highest BCUT2D eigenvalue weighted by Crippen LogP contribution is 2.16. The van der Waals surface area contributed by atoms with Gasteiger partial charge in [0.25, 0.3) is 11.6 Å². The molecule has 0 aliphatic carbocycles. The molecule has 0 fully saturated rings. The van der Waals surface area contributed by atoms with Gasteiger partial charge in [-0.3, -0.25) is 9.78 Å². The highest BCUT2D eigenvalue weighted by atomic mass is 16.5. The molecule has 1 heterocycles. The number of hydrogen-bond donors (Lipinski definition) is 1. The molecule has 1 aromatic heterocycles. The zero-order chi connectivity index (χ0) is 11.4. The molecule has 0 aliphatic rings. The van der Waals surface area contributed by atoms with E-state index in [1.54, 1.807) is 0 Å². The summed E-state index contributed by atoms with van der Waals surface area (Å²) in [5.41, 5.74) is 0.819. The van der Waals surface area contributed by atoms with E-state index in [0.29, 0.717) is 0 Å². The Balaban J connectivity index is 2.14. The van der Waals surface area contributed by atoms with E-state index in [1.165, 1.54) is 12.3 Å². The van der Waals surface area contributed by atoms with Gasteiger partial charge in [0.2, 0.25) is 0 Å². The Hall–Kier alpha value is -2.10. The van der Waals surface area contributed by atoms with E-state index in [2.05, 4.69) is 9.97 Å². The summed E-state index contributed by atoms with van der Waals surface area (Å²) in [5.74, 6) is 0. The highest BCUT2D eigenvalue weighted by Gasteiger charge is 2.07. The first-order valence-corrected chi connectivity index (χ1v) is 5.02. The van der Waals surface area contributed by atoms with Crippen LogP contribution in [-0.4, -0.2) is 9.97 Å². The van der Waals surface area contributed by atoms with Crippen LogP contribution >= 0.6 is 0 Å². The van der Waals surface area contributed by atoms with Crippen LogP contribution in [-0.2, 0) is 0 Å². The number of hydrogen-bond acceptors (Lipinski definition) is 3. The molecule has 1 aromatic carbocycles. The monoisotopic (exact) mass is 216 g/mol. The summed E-state index contributed by atoms with van der Waals surface area (Å²) in [6.45, 7) is 1.91. The first kappa shape index (κ1) is 10.4. The van der Waals surface area contributed by atoms with Gasteiger partial charge < -0.3 is 4.74 Å². The summed E-state index contributed by atoms with van der Waals surface area (Å²) < 4.78 is 5.51. The predicted molar refractivity (Wildman–Crippen MR) is 60.3 cm³/mol. The lowest BCUT2D eigenvalue weighted by Crippen LogP contribution is -2.11. The van der Waals surface area contributed by atoms with Gasteiger partial charge in [-0.15, -0.1) is 0 Å². The van der Waals surface area contributed by atoms with Crippen LogP contribution in [0.15, 0.2) is 47.4 Å². The van der Waals surface area contributed by atoms with Crippen LogP contribution in [0, 0.1) is 0 Å². The lowest BCUT2D eigenvalue weighted by atomic mass is 10.1. The fourth-order valence-corrected chi connectivity index (χ4v) is 1.37. The van der Waals surface area contributed by atoms with Gasteiger partial charge in [-0.25, -0.2) is 4.98 Å². The van der Waals surface area contributed by atoms with Gasteiger partial charge in [0, 0.05) is 12.3 Å². The molecule has 1 N–H and O–H groups in total. The van der Waals surface area contributed by atoms with Crippen molar-refractivity contribution in [2.24, 2.45) is 0 Å². The maximum atomic E-state index is 11.0. The van der Waals surface area contributed by atoms with Crippen molar-refractivity contribution in [1.29, 1.82) is 0 Å². The van der Waals surface area contributed by atoms with E-state index in [0.717, 1.165) is 5.56 Å². The summed E-state index contributed by atoms with van der Waals surface area (Å²) in [4.78, 5) is 17.5. The van der Waals surface area contributed by atoms with E-state index in [9.17, 15) is 4.79 Å². The zero-order valence-electron chi connectivity index (χ0n) is 8.88. The SMILES string of the molecule is CC(Oc1nccc(=O)[nH]1)c1ccccc1. The molecule has 4 heteroatoms. The number of nitrogens with one attached hydrogen (secondary N) is 1. The van der Waals surface area contributed by atoms with Gasteiger partial charge in [-0.05, 0) is 12.5 Å². The molecular weight excluding hydrogens is 204 g/mol. The van der Waals surface area contributed by atoms with Crippen LogP contribution in [0.3, 0.4) is 0 Å². The number of H-pyrrole nitrogens is 1. The molecule has 2 aromatic rings. The van der Waals surface area contributed by atoms with Crippen molar-refractivity contribution in [2.75, 3.05) is 0 Å². The summed E-state index contributed by atoms with van der Waals surface area (Å²) in [6, 6.07) is 11.3. The maximum absolute atomic E-state index is 11.0. The summed E-state index contributed by atoms with van der Waals surface area (Å²) in [7, 11) is 0. The predicted octanol–water partition coefficient (Wildman–Crippen LogP) is 1.91. The van der Waals surface area contributed by atoms with Gasteiger partial charge >= 0.3 is 0 Å².